The third-order valence-electron chi connectivity index (χ3n) is 3.18. The van der Waals surface area contributed by atoms with Crippen LogP contribution >= 0.6 is 11.8 Å². The van der Waals surface area contributed by atoms with Crippen LogP contribution in [0.4, 0.5) is 5.69 Å². The molecule has 0 radical (unpaired) electrons. The van der Waals surface area contributed by atoms with Gasteiger partial charge in [0.1, 0.15) is 0 Å². The van der Waals surface area contributed by atoms with Crippen LogP contribution in [0.25, 0.3) is 0 Å². The molecule has 2 N–H and O–H groups in total. The molecule has 1 aromatic carbocycles. The van der Waals surface area contributed by atoms with E-state index in [4.69, 9.17) is 11.8 Å². The van der Waals surface area contributed by atoms with Crippen molar-refractivity contribution in [1.29, 1.82) is 0 Å². The molecule has 0 saturated carbocycles. The number of rotatable bonds is 5. The summed E-state index contributed by atoms with van der Waals surface area (Å²) in [4.78, 5) is 25.6. The molecule has 5 heteroatoms. The second-order valence-corrected chi connectivity index (χ2v) is 6.23. The largest absolute Gasteiger partial charge is 0.380 e. The summed E-state index contributed by atoms with van der Waals surface area (Å²) in [6.45, 7) is 10.5. The molecule has 0 aliphatic heterocycles. The van der Waals surface area contributed by atoms with Crippen molar-refractivity contribution in [3.05, 3.63) is 26.0 Å². The fourth-order valence-electron chi connectivity index (χ4n) is 1.85. The van der Waals surface area contributed by atoms with Gasteiger partial charge in [-0.05, 0) is 23.1 Å². The van der Waals surface area contributed by atoms with Crippen LogP contribution in [-0.4, -0.2) is 12.6 Å². The Labute approximate surface area is 113 Å². The summed E-state index contributed by atoms with van der Waals surface area (Å²) in [7, 11) is 0. The SMILES string of the molecule is CC(C)c1c(NC[C@@H](NCl)C(C)(C)C)c(=O)c1=O. The lowest BCUT2D eigenvalue weighted by Gasteiger charge is -2.30. The minimum absolute atomic E-state index is 0.00332. The lowest BCUT2D eigenvalue weighted by Crippen LogP contribution is -2.45. The fourth-order valence-corrected chi connectivity index (χ4v) is 2.25. The molecule has 0 aliphatic rings. The molecule has 0 heterocycles. The average Bonchev–Trinajstić information content (AvgIpc) is 2.25. The highest BCUT2D eigenvalue weighted by Gasteiger charge is 2.27. The van der Waals surface area contributed by atoms with Crippen molar-refractivity contribution < 1.29 is 0 Å². The predicted octanol–water partition coefficient (Wildman–Crippen LogP) is 1.98. The van der Waals surface area contributed by atoms with E-state index < -0.39 is 5.43 Å². The molecule has 0 spiro atoms. The van der Waals surface area contributed by atoms with Gasteiger partial charge in [-0.3, -0.25) is 9.59 Å². The van der Waals surface area contributed by atoms with Crippen molar-refractivity contribution in [2.45, 2.75) is 46.6 Å². The second kappa shape index (κ2) is 5.41. The number of hydrogen-bond acceptors (Lipinski definition) is 4. The van der Waals surface area contributed by atoms with E-state index in [1.54, 1.807) is 0 Å². The van der Waals surface area contributed by atoms with Gasteiger partial charge in [0.05, 0.1) is 5.69 Å². The Hall–Kier alpha value is -0.870. The molecule has 1 rings (SSSR count). The zero-order valence-electron chi connectivity index (χ0n) is 11.6. The first kappa shape index (κ1) is 15.2. The summed E-state index contributed by atoms with van der Waals surface area (Å²) in [5.41, 5.74) is 0.238. The zero-order valence-corrected chi connectivity index (χ0v) is 12.3. The Morgan fingerprint density at radius 2 is 1.72 bits per heavy atom. The molecule has 4 nitrogen and oxygen atoms in total. The normalized spacial score (nSPS) is 14.2. The Morgan fingerprint density at radius 1 is 1.17 bits per heavy atom. The van der Waals surface area contributed by atoms with Gasteiger partial charge in [-0.2, -0.15) is 0 Å². The summed E-state index contributed by atoms with van der Waals surface area (Å²) in [6, 6.07) is 0.00332. The monoisotopic (exact) mass is 272 g/mol. The molecule has 0 bridgehead atoms. The van der Waals surface area contributed by atoms with E-state index in [0.717, 1.165) is 0 Å². The minimum atomic E-state index is -0.416. The summed E-state index contributed by atoms with van der Waals surface area (Å²) in [6.07, 6.45) is 0. The van der Waals surface area contributed by atoms with Crippen LogP contribution in [0, 0.1) is 5.41 Å². The van der Waals surface area contributed by atoms with E-state index in [1.807, 2.05) is 13.8 Å². The van der Waals surface area contributed by atoms with Crippen LogP contribution in [0.3, 0.4) is 0 Å². The summed E-state index contributed by atoms with van der Waals surface area (Å²) in [5.74, 6) is 0.0646. The smallest absolute Gasteiger partial charge is 0.249 e. The molecule has 18 heavy (non-hydrogen) atoms. The molecule has 0 unspecified atom stereocenters. The quantitative estimate of drug-likeness (QED) is 0.636. The average molecular weight is 273 g/mol. The third-order valence-corrected chi connectivity index (χ3v) is 3.45. The van der Waals surface area contributed by atoms with Crippen molar-refractivity contribution in [2.75, 3.05) is 11.9 Å². The van der Waals surface area contributed by atoms with Crippen molar-refractivity contribution in [1.82, 2.24) is 4.84 Å². The lowest BCUT2D eigenvalue weighted by atomic mass is 9.87. The molecule has 0 saturated heterocycles. The van der Waals surface area contributed by atoms with Crippen molar-refractivity contribution in [2.24, 2.45) is 5.41 Å². The molecule has 0 aromatic heterocycles. The molecular weight excluding hydrogens is 252 g/mol. The van der Waals surface area contributed by atoms with Crippen LogP contribution in [0.15, 0.2) is 9.59 Å². The van der Waals surface area contributed by atoms with Crippen LogP contribution < -0.4 is 21.0 Å². The van der Waals surface area contributed by atoms with Gasteiger partial charge in [-0.15, -0.1) is 0 Å². The highest BCUT2D eigenvalue weighted by Crippen LogP contribution is 2.22. The van der Waals surface area contributed by atoms with Crippen LogP contribution in [0.5, 0.6) is 0 Å². The van der Waals surface area contributed by atoms with E-state index in [0.29, 0.717) is 17.8 Å². The van der Waals surface area contributed by atoms with Crippen molar-refractivity contribution in [3.8, 4) is 0 Å². The van der Waals surface area contributed by atoms with Crippen LogP contribution in [0.1, 0.15) is 46.1 Å². The first-order chi connectivity index (χ1) is 8.20. The van der Waals surface area contributed by atoms with E-state index >= 15 is 0 Å². The predicted molar refractivity (Wildman–Crippen MR) is 76.2 cm³/mol. The van der Waals surface area contributed by atoms with E-state index in [9.17, 15) is 9.59 Å². The van der Waals surface area contributed by atoms with Gasteiger partial charge in [-0.25, -0.2) is 4.84 Å². The Morgan fingerprint density at radius 3 is 2.11 bits per heavy atom. The molecule has 1 atom stereocenters. The van der Waals surface area contributed by atoms with Gasteiger partial charge in [0.25, 0.3) is 0 Å². The van der Waals surface area contributed by atoms with Gasteiger partial charge in [-0.1, -0.05) is 34.6 Å². The third kappa shape index (κ3) is 2.93. The fraction of sp³-hybridized carbons (Fsp3) is 0.692. The summed E-state index contributed by atoms with van der Waals surface area (Å²) in [5, 5.41) is 3.05. The minimum Gasteiger partial charge on any atom is -0.380 e. The van der Waals surface area contributed by atoms with Gasteiger partial charge in [0.15, 0.2) is 0 Å². The molecule has 102 valence electrons. The van der Waals surface area contributed by atoms with Crippen LogP contribution in [0.2, 0.25) is 0 Å². The highest BCUT2D eigenvalue weighted by atomic mass is 35.5. The number of nitrogens with one attached hydrogen (secondary N) is 2. The molecule has 0 fully saturated rings. The highest BCUT2D eigenvalue weighted by molar-refractivity contribution is 6.13. The van der Waals surface area contributed by atoms with Gasteiger partial charge >= 0.3 is 0 Å². The second-order valence-electron chi connectivity index (χ2n) is 6.01. The first-order valence-corrected chi connectivity index (χ1v) is 6.51. The van der Waals surface area contributed by atoms with Crippen molar-refractivity contribution in [3.63, 3.8) is 0 Å². The Kier molecular flexibility index (Phi) is 4.56. The molecule has 0 amide bonds. The summed E-state index contributed by atoms with van der Waals surface area (Å²) < 4.78 is 0. The van der Waals surface area contributed by atoms with Crippen molar-refractivity contribution >= 4 is 17.5 Å². The number of halogens is 1. The first-order valence-electron chi connectivity index (χ1n) is 6.13. The Balaban J connectivity index is 2.79. The molecule has 1 aromatic rings. The number of anilines is 1. The maximum atomic E-state index is 11.5. The molecule has 0 aliphatic carbocycles. The maximum absolute atomic E-state index is 11.5. The van der Waals surface area contributed by atoms with Crippen LogP contribution in [-0.2, 0) is 0 Å². The standard InChI is InChI=1S/C13H21ClN2O2/c1-7(2)9-10(12(18)11(9)17)15-6-8(16-14)13(3,4)5/h7-8,15-16H,6H2,1-5H3/t8-/m1/s1. The number of hydrogen-bond donors (Lipinski definition) is 2. The van der Waals surface area contributed by atoms with Gasteiger partial charge in [0.2, 0.25) is 10.9 Å². The molecular formula is C13H21ClN2O2. The zero-order chi connectivity index (χ0) is 14.1. The Bertz CT molecular complexity index is 482. The topological polar surface area (TPSA) is 58.2 Å². The van der Waals surface area contributed by atoms with E-state index in [1.165, 1.54) is 0 Å². The lowest BCUT2D eigenvalue weighted by molar-refractivity contribution is 0.313. The van der Waals surface area contributed by atoms with Gasteiger partial charge < -0.3 is 5.32 Å². The maximum Gasteiger partial charge on any atom is 0.249 e. The van der Waals surface area contributed by atoms with E-state index in [2.05, 4.69) is 30.9 Å². The van der Waals surface area contributed by atoms with E-state index in [-0.39, 0.29) is 22.8 Å². The van der Waals surface area contributed by atoms with Gasteiger partial charge in [0, 0.05) is 18.2 Å². The summed E-state index contributed by atoms with van der Waals surface area (Å²) >= 11 is 5.70.